The van der Waals surface area contributed by atoms with Gasteiger partial charge in [-0.25, -0.2) is 4.79 Å². The summed E-state index contributed by atoms with van der Waals surface area (Å²) in [5.41, 5.74) is 7.04. The van der Waals surface area contributed by atoms with Crippen LogP contribution in [0.4, 0.5) is 0 Å². The number of benzene rings is 1. The Morgan fingerprint density at radius 1 is 1.42 bits per heavy atom. The number of ether oxygens (including phenoxy) is 1. The highest BCUT2D eigenvalue weighted by Crippen LogP contribution is 2.24. The highest BCUT2D eigenvalue weighted by atomic mass is 16.5. The molecule has 6 heteroatoms. The number of carbonyl (C=O) groups excluding carboxylic acids is 1. The molecule has 1 aromatic heterocycles. The highest BCUT2D eigenvalue weighted by molar-refractivity contribution is 5.82. The average Bonchev–Trinajstić information content (AvgIpc) is 2.59. The van der Waals surface area contributed by atoms with E-state index in [4.69, 9.17) is 14.9 Å². The Hall–Kier alpha value is -2.34. The highest BCUT2D eigenvalue weighted by Gasteiger charge is 2.17. The fourth-order valence-electron chi connectivity index (χ4n) is 2.60. The van der Waals surface area contributed by atoms with E-state index in [0.717, 1.165) is 10.9 Å². The molecule has 2 rings (SSSR count). The van der Waals surface area contributed by atoms with Crippen LogP contribution in [0.15, 0.2) is 27.4 Å². The van der Waals surface area contributed by atoms with Crippen LogP contribution >= 0.6 is 0 Å². The molecule has 0 radical (unpaired) electrons. The van der Waals surface area contributed by atoms with Crippen LogP contribution in [0.2, 0.25) is 0 Å². The monoisotopic (exact) mass is 332 g/mol. The lowest BCUT2D eigenvalue weighted by atomic mass is 10.0. The van der Waals surface area contributed by atoms with Crippen molar-refractivity contribution in [1.29, 1.82) is 0 Å². The standard InChI is InChI=1S/C18H24N2O4/c1-11(10-19)20(3)17(21)8-7-15-12(2)14-6-5-13(23-4)9-16(14)24-18(15)22/h5-6,9,11H,7-8,10,19H2,1-4H3. The predicted molar refractivity (Wildman–Crippen MR) is 93.4 cm³/mol. The minimum absolute atomic E-state index is 0.0286. The molecule has 0 aliphatic carbocycles. The predicted octanol–water partition coefficient (Wildman–Crippen LogP) is 1.85. The maximum Gasteiger partial charge on any atom is 0.339 e. The molecule has 0 fully saturated rings. The van der Waals surface area contributed by atoms with Crippen molar-refractivity contribution < 1.29 is 13.9 Å². The summed E-state index contributed by atoms with van der Waals surface area (Å²) >= 11 is 0. The summed E-state index contributed by atoms with van der Waals surface area (Å²) in [6.07, 6.45) is 0.588. The van der Waals surface area contributed by atoms with E-state index in [2.05, 4.69) is 0 Å². The zero-order chi connectivity index (χ0) is 17.9. The fourth-order valence-corrected chi connectivity index (χ4v) is 2.60. The SMILES string of the molecule is COc1ccc2c(C)c(CCC(=O)N(C)C(C)CN)c(=O)oc2c1. The lowest BCUT2D eigenvalue weighted by molar-refractivity contribution is -0.131. The van der Waals surface area contributed by atoms with E-state index in [1.807, 2.05) is 26.0 Å². The maximum absolute atomic E-state index is 12.3. The minimum atomic E-state index is -0.407. The van der Waals surface area contributed by atoms with E-state index in [1.165, 1.54) is 0 Å². The number of amides is 1. The van der Waals surface area contributed by atoms with E-state index >= 15 is 0 Å². The van der Waals surface area contributed by atoms with Gasteiger partial charge in [-0.2, -0.15) is 0 Å². The van der Waals surface area contributed by atoms with Gasteiger partial charge in [0.2, 0.25) is 5.91 Å². The zero-order valence-corrected chi connectivity index (χ0v) is 14.6. The Balaban J connectivity index is 2.27. The topological polar surface area (TPSA) is 85.8 Å². The Morgan fingerprint density at radius 2 is 2.12 bits per heavy atom. The molecule has 1 heterocycles. The number of hydrogen-bond acceptors (Lipinski definition) is 5. The molecule has 1 unspecified atom stereocenters. The van der Waals surface area contributed by atoms with Gasteiger partial charge in [0, 0.05) is 43.1 Å². The maximum atomic E-state index is 12.3. The molecule has 0 bridgehead atoms. The average molecular weight is 332 g/mol. The van der Waals surface area contributed by atoms with Crippen LogP contribution in [0, 0.1) is 6.92 Å². The Kier molecular flexibility index (Phi) is 5.62. The van der Waals surface area contributed by atoms with E-state index in [1.54, 1.807) is 25.1 Å². The first-order valence-corrected chi connectivity index (χ1v) is 7.95. The molecule has 1 aromatic carbocycles. The molecule has 1 amide bonds. The van der Waals surface area contributed by atoms with Crippen molar-refractivity contribution in [3.8, 4) is 5.75 Å². The van der Waals surface area contributed by atoms with Crippen molar-refractivity contribution in [3.63, 3.8) is 0 Å². The number of nitrogens with zero attached hydrogens (tertiary/aromatic N) is 1. The van der Waals surface area contributed by atoms with Gasteiger partial charge in [0.25, 0.3) is 0 Å². The quantitative estimate of drug-likeness (QED) is 0.816. The lowest BCUT2D eigenvalue weighted by Crippen LogP contribution is -2.39. The van der Waals surface area contributed by atoms with Crippen molar-refractivity contribution in [2.45, 2.75) is 32.7 Å². The van der Waals surface area contributed by atoms with E-state index in [-0.39, 0.29) is 18.4 Å². The van der Waals surface area contributed by atoms with Gasteiger partial charge < -0.3 is 19.8 Å². The number of nitrogens with two attached hydrogens (primary N) is 1. The summed E-state index contributed by atoms with van der Waals surface area (Å²) in [5, 5.41) is 0.849. The molecule has 0 aliphatic rings. The number of methoxy groups -OCH3 is 1. The number of rotatable bonds is 6. The molecule has 6 nitrogen and oxygen atoms in total. The van der Waals surface area contributed by atoms with Gasteiger partial charge in [0.05, 0.1) is 7.11 Å². The molecule has 2 N–H and O–H groups in total. The Bertz CT molecular complexity index is 797. The fraction of sp³-hybridized carbons (Fsp3) is 0.444. The molecule has 0 saturated carbocycles. The minimum Gasteiger partial charge on any atom is -0.497 e. The molecule has 0 spiro atoms. The molecule has 24 heavy (non-hydrogen) atoms. The van der Waals surface area contributed by atoms with Crippen molar-refractivity contribution in [3.05, 3.63) is 39.7 Å². The molecule has 1 atom stereocenters. The van der Waals surface area contributed by atoms with Gasteiger partial charge in [-0.15, -0.1) is 0 Å². The Morgan fingerprint density at radius 3 is 2.75 bits per heavy atom. The van der Waals surface area contributed by atoms with Crippen LogP contribution < -0.4 is 16.1 Å². The third-order valence-corrected chi connectivity index (χ3v) is 4.48. The summed E-state index contributed by atoms with van der Waals surface area (Å²) in [5.74, 6) is 0.590. The van der Waals surface area contributed by atoms with Gasteiger partial charge in [-0.05, 0) is 38.0 Å². The summed E-state index contributed by atoms with van der Waals surface area (Å²) in [6.45, 7) is 4.17. The van der Waals surface area contributed by atoms with Crippen LogP contribution in [0.1, 0.15) is 24.5 Å². The van der Waals surface area contributed by atoms with Gasteiger partial charge >= 0.3 is 5.63 Å². The van der Waals surface area contributed by atoms with Crippen molar-refractivity contribution in [1.82, 2.24) is 4.90 Å². The lowest BCUT2D eigenvalue weighted by Gasteiger charge is -2.23. The summed E-state index contributed by atoms with van der Waals surface area (Å²) < 4.78 is 10.5. The second-order valence-corrected chi connectivity index (χ2v) is 5.94. The van der Waals surface area contributed by atoms with Crippen LogP contribution in [-0.2, 0) is 11.2 Å². The van der Waals surface area contributed by atoms with Crippen LogP contribution in [0.5, 0.6) is 5.75 Å². The van der Waals surface area contributed by atoms with E-state index < -0.39 is 5.63 Å². The largest absolute Gasteiger partial charge is 0.497 e. The smallest absolute Gasteiger partial charge is 0.339 e. The van der Waals surface area contributed by atoms with Gasteiger partial charge in [-0.1, -0.05) is 0 Å². The Labute approximate surface area is 141 Å². The zero-order valence-electron chi connectivity index (χ0n) is 14.6. The molecule has 0 aliphatic heterocycles. The van der Waals surface area contributed by atoms with Crippen LogP contribution in [-0.4, -0.2) is 37.6 Å². The summed E-state index contributed by atoms with van der Waals surface area (Å²) in [6, 6.07) is 5.34. The van der Waals surface area contributed by atoms with Gasteiger partial charge in [0.15, 0.2) is 0 Å². The molecular weight excluding hydrogens is 308 g/mol. The van der Waals surface area contributed by atoms with E-state index in [9.17, 15) is 9.59 Å². The first kappa shape index (κ1) is 18.0. The first-order chi connectivity index (χ1) is 11.4. The van der Waals surface area contributed by atoms with Crippen LogP contribution in [0.3, 0.4) is 0 Å². The third-order valence-electron chi connectivity index (χ3n) is 4.48. The number of likely N-dealkylation sites (N-methyl/N-ethyl adjacent to an activating group) is 1. The molecular formula is C18H24N2O4. The third kappa shape index (κ3) is 3.59. The summed E-state index contributed by atoms with van der Waals surface area (Å²) in [4.78, 5) is 26.1. The molecule has 130 valence electrons. The number of aryl methyl sites for hydroxylation is 1. The summed E-state index contributed by atoms with van der Waals surface area (Å²) in [7, 11) is 3.28. The number of carbonyl (C=O) groups is 1. The van der Waals surface area contributed by atoms with Gasteiger partial charge in [0.1, 0.15) is 11.3 Å². The molecule has 2 aromatic rings. The molecule has 0 saturated heterocycles. The normalized spacial score (nSPS) is 12.2. The van der Waals surface area contributed by atoms with E-state index in [0.29, 0.717) is 29.9 Å². The van der Waals surface area contributed by atoms with Crippen LogP contribution in [0.25, 0.3) is 11.0 Å². The second kappa shape index (κ2) is 7.49. The van der Waals surface area contributed by atoms with Crippen molar-refractivity contribution in [2.75, 3.05) is 20.7 Å². The number of hydrogen-bond donors (Lipinski definition) is 1. The van der Waals surface area contributed by atoms with Gasteiger partial charge in [-0.3, -0.25) is 4.79 Å². The first-order valence-electron chi connectivity index (χ1n) is 7.95. The number of fused-ring (bicyclic) bond motifs is 1. The van der Waals surface area contributed by atoms with Crippen molar-refractivity contribution >= 4 is 16.9 Å². The van der Waals surface area contributed by atoms with Crippen molar-refractivity contribution in [2.24, 2.45) is 5.73 Å². The second-order valence-electron chi connectivity index (χ2n) is 5.94.